The minimum absolute atomic E-state index is 0.000602. The molecule has 0 aromatic rings. The molecule has 0 saturated heterocycles. The molecule has 0 heterocycles. The number of alkyl halides is 8. The van der Waals surface area contributed by atoms with Crippen LogP contribution < -0.4 is 86.7 Å². The van der Waals surface area contributed by atoms with Crippen LogP contribution in [0.25, 0.3) is 0 Å². The molecule has 0 aromatic carbocycles. The van der Waals surface area contributed by atoms with Gasteiger partial charge in [0.1, 0.15) is 0 Å². The summed E-state index contributed by atoms with van der Waals surface area (Å²) < 4.78 is 111. The van der Waals surface area contributed by atoms with E-state index in [2.05, 4.69) is 266 Å². The molecule has 0 spiro atoms. The fourth-order valence-electron chi connectivity index (χ4n) is 10.3. The average molecular weight is 2290 g/mol. The van der Waals surface area contributed by atoms with E-state index in [9.17, 15) is 112 Å². The Morgan fingerprint density at radius 1 is 0.239 bits per heavy atom. The summed E-state index contributed by atoms with van der Waals surface area (Å²) in [5, 5.41) is 30.3. The van der Waals surface area contributed by atoms with Gasteiger partial charge in [0.15, 0.2) is 46.3 Å². The van der Waals surface area contributed by atoms with E-state index in [1.165, 1.54) is 21.1 Å². The zero-order chi connectivity index (χ0) is 111. The van der Waals surface area contributed by atoms with Crippen molar-refractivity contribution in [1.29, 1.82) is 0 Å². The molecule has 0 unspecified atom stereocenters. The molecule has 0 aliphatic carbocycles. The Morgan fingerprint density at radius 3 is 0.717 bits per heavy atom. The number of ketones is 8. The van der Waals surface area contributed by atoms with Crippen molar-refractivity contribution in [3.05, 3.63) is 0 Å². The number of carbonyl (C=O) groups is 16. The summed E-state index contributed by atoms with van der Waals surface area (Å²) in [6.07, 6.45) is -3.25. The summed E-state index contributed by atoms with van der Waals surface area (Å²) in [7, 11) is 8.52. The fraction of sp³-hybridized carbons (Fsp3) is 0.805. The van der Waals surface area contributed by atoms with E-state index in [1.807, 2.05) is 34.6 Å². The lowest BCUT2D eigenvalue weighted by atomic mass is 9.81. The van der Waals surface area contributed by atoms with Gasteiger partial charge in [0.25, 0.3) is 23.6 Å². The molecule has 812 valence electrons. The molecule has 0 radical (unpaired) electrons. The second-order valence-corrected chi connectivity index (χ2v) is 38.6. The number of hydrogen-bond acceptors (Lipinski definition) is 40. The van der Waals surface area contributed by atoms with Crippen LogP contribution in [0.2, 0.25) is 0 Å². The van der Waals surface area contributed by atoms with Gasteiger partial charge in [-0.2, -0.15) is 202 Å². The lowest BCUT2D eigenvalue weighted by Gasteiger charge is -2.32. The quantitative estimate of drug-likeness (QED) is 0.0232. The van der Waals surface area contributed by atoms with Crippen molar-refractivity contribution in [2.75, 3.05) is 174 Å². The topological polar surface area (TPSA) is 522 Å². The average Bonchev–Trinajstić information content (AvgIpc) is 0.827. The summed E-state index contributed by atoms with van der Waals surface area (Å²) in [5.41, 5.74) is 3.87. The van der Waals surface area contributed by atoms with Gasteiger partial charge in [-0.1, -0.05) is 27.7 Å². The molecule has 0 aromatic heterocycles. The zero-order valence-corrected chi connectivity index (χ0v) is 96.5. The highest BCUT2D eigenvalue weighted by molar-refractivity contribution is 7.82. The van der Waals surface area contributed by atoms with Crippen LogP contribution in [0.3, 0.4) is 0 Å². The Kier molecular flexibility index (Phi) is 78.3. The number of rotatable bonds is 60. The summed E-state index contributed by atoms with van der Waals surface area (Å²) in [4.78, 5) is 187. The minimum atomic E-state index is -2.77. The molecule has 32 nitrogen and oxygen atoms in total. The molecule has 0 saturated carbocycles. The van der Waals surface area contributed by atoms with Crippen LogP contribution in [-0.2, 0) is 76.7 Å². The summed E-state index contributed by atoms with van der Waals surface area (Å²) in [6, 6.07) is 0. The normalized spacial score (nSPS) is 18.0. The number of carbonyl (C=O) groups excluding carboxylic acids is 16. The molecule has 56 heteroatoms. The summed E-state index contributed by atoms with van der Waals surface area (Å²) in [5.74, 6) is -21.6. The van der Waals surface area contributed by atoms with Gasteiger partial charge in [-0.05, 0) is 110 Å². The third-order valence-corrected chi connectivity index (χ3v) is 30.4. The molecule has 8 amide bonds. The standard InChI is InChI=1S/C13H26N2O2S2.C12H24N2O2S2.C11H20F2N2O2S2.C11H22N2O2S2.C10H18F2N2O2S2.C9H16F2N2O2S2.C9H18N2O2S2.C7H12F2N2O2S2/c1-5-14-11(17)12(3,8-18)7-10(16)13(4,9-19)15-6-2;1-5-14-12(3,8-18)9(15)6-11(2,7-17)10(16)13-4;1-3-14-9(17)10(12,6-18)5-8(16)11(13,7-19)15-4-2;1-10(6-16,9(15)12-3)5-8(14)11(2,7-17)13-4;1-3-14-10(12,6-18)7(15)4-9(11,5-17)8(16)13-2;1-12-7(15)8(10,4-16)3-6(14)9(11,5-17)13-2;1-8(4-14,7(10)13)3-6(12)9(2,11)5-15;8-6(2-14,5(10)13)1-4(12)7(9,11)3-15/h15,18-19H,5-9H2,1-4H3,(H,14,17);14,17-18H,5-8H2,1-4H3,(H,13,16);15,18-19H,3-7H2,1-2H3,(H,14,17);13,16-17H,5-7H2,1-4H3,(H,12,15);14,17-18H,3-6H2,1-2H3,(H,13,16);13,16-17H,3-5H2,1-2H3,(H,12,15);14-15H,3-5,11H2,1-2H3,(H2,10,13);14-15H,1-3,11H2,(H2,10,13)/t12-,13+;11-,12+;10-,11-;10-,11+;9-,10-;8-,9-;8-,9+;6-,7-/m11010010/s1. The first-order chi connectivity index (χ1) is 63.1. The predicted molar refractivity (Wildman–Crippen MR) is 589 cm³/mol. The van der Waals surface area contributed by atoms with E-state index < -0.39 is 214 Å². The summed E-state index contributed by atoms with van der Waals surface area (Å²) in [6.45, 7) is 26.9. The van der Waals surface area contributed by atoms with Crippen molar-refractivity contribution in [2.45, 2.75) is 216 Å². The fourth-order valence-corrected chi connectivity index (χ4v) is 14.6. The summed E-state index contributed by atoms with van der Waals surface area (Å²) >= 11 is 62.5. The molecule has 16 atom stereocenters. The van der Waals surface area contributed by atoms with Crippen LogP contribution in [0.4, 0.5) is 35.1 Å². The predicted octanol–water partition coefficient (Wildman–Crippen LogP) is 4.02. The van der Waals surface area contributed by atoms with Gasteiger partial charge >= 0.3 is 0 Å². The molecule has 0 aliphatic rings. The Hall–Kier alpha value is -2.16. The van der Waals surface area contributed by atoms with Gasteiger partial charge in [0.2, 0.25) is 69.5 Å². The van der Waals surface area contributed by atoms with E-state index in [1.54, 1.807) is 83.5 Å². The lowest BCUT2D eigenvalue weighted by Crippen LogP contribution is -2.54. The van der Waals surface area contributed by atoms with Crippen LogP contribution in [-0.4, -0.2) is 335 Å². The monoisotopic (exact) mass is 2280 g/mol. The molecule has 138 heavy (non-hydrogen) atoms. The van der Waals surface area contributed by atoms with Gasteiger partial charge in [-0.25, -0.2) is 35.1 Å². The first-order valence-corrected chi connectivity index (χ1v) is 52.8. The third-order valence-electron chi connectivity index (χ3n) is 21.3. The van der Waals surface area contributed by atoms with E-state index in [-0.39, 0.29) is 97.7 Å². The van der Waals surface area contributed by atoms with Crippen molar-refractivity contribution in [3.8, 4) is 0 Å². The molecule has 0 aliphatic heterocycles. The number of Topliss-reactive ketones (excluding diaryl/α,β-unsaturated/α-hetero) is 8. The SMILES string of the molecule is CCNC(=O)[C@@](C)(CS)CC(=O)[C@](C)(CS)NCC.CCNC(=O)[C@@](F)(CS)CC(=O)[C@](F)(CS)NCC.CCN[C@@](C)(CS)C(=O)C[C@](C)(CS)C(=O)NC.CCN[C@@](F)(CS)C(=O)C[C@](F)(CS)C(=O)NC.CNC(=O)[C@@](C)(CS)CC(=O)[C@](C)(CS)NC.CNC(=O)[C@@](F)(CS)CC(=O)[C@](F)(CS)NC.C[C@](CS)(CC(=O)[C@@](C)(N)CS)C(N)=O.NC(=O)[C@@](F)(CS)CC(=O)[C@](N)(F)CS. The van der Waals surface area contributed by atoms with E-state index in [4.69, 9.17) is 22.9 Å². The van der Waals surface area contributed by atoms with Crippen molar-refractivity contribution < 1.29 is 112 Å². The minimum Gasteiger partial charge on any atom is -0.369 e. The highest BCUT2D eigenvalue weighted by atomic mass is 32.1. The number of thiol groups is 16. The number of nitrogens with two attached hydrogens (primary N) is 4. The van der Waals surface area contributed by atoms with Crippen LogP contribution in [0, 0.1) is 21.7 Å². The number of nitrogens with one attached hydrogen (secondary N) is 12. The smallest absolute Gasteiger partial charge is 0.259 e. The Balaban J connectivity index is -0.000000234. The molecular weight excluding hydrogens is 2130 g/mol. The van der Waals surface area contributed by atoms with Gasteiger partial charge in [0.05, 0.1) is 69.5 Å². The van der Waals surface area contributed by atoms with Crippen molar-refractivity contribution in [2.24, 2.45) is 44.6 Å². The number of halogens is 8. The number of hydrogen-bond donors (Lipinski definition) is 32. The van der Waals surface area contributed by atoms with Crippen LogP contribution in [0.1, 0.15) is 148 Å². The maximum Gasteiger partial charge on any atom is 0.259 e. The number of amides is 8. The van der Waals surface area contributed by atoms with Crippen LogP contribution in [0.15, 0.2) is 0 Å². The van der Waals surface area contributed by atoms with Crippen molar-refractivity contribution in [1.82, 2.24) is 63.8 Å². The Bertz CT molecular complexity index is 3610. The molecule has 0 bridgehead atoms. The van der Waals surface area contributed by atoms with E-state index in [0.717, 1.165) is 0 Å². The number of primary amides is 2. The van der Waals surface area contributed by atoms with Crippen molar-refractivity contribution in [3.63, 3.8) is 0 Å². The van der Waals surface area contributed by atoms with Gasteiger partial charge in [0, 0.05) is 159 Å². The maximum absolute atomic E-state index is 14.3. The largest absolute Gasteiger partial charge is 0.369 e. The first-order valence-electron chi connectivity index (χ1n) is 42.7. The molecule has 20 N–H and O–H groups in total. The lowest BCUT2D eigenvalue weighted by molar-refractivity contribution is -0.141. The van der Waals surface area contributed by atoms with Gasteiger partial charge < -0.3 is 65.1 Å². The van der Waals surface area contributed by atoms with Crippen LogP contribution >= 0.6 is 202 Å². The van der Waals surface area contributed by atoms with Gasteiger partial charge in [-0.15, -0.1) is 0 Å². The highest BCUT2D eigenvalue weighted by Gasteiger charge is 2.51. The van der Waals surface area contributed by atoms with Crippen LogP contribution in [0.5, 0.6) is 0 Å². The van der Waals surface area contributed by atoms with E-state index >= 15 is 0 Å². The first kappa shape index (κ1) is 151. The highest BCUT2D eigenvalue weighted by Crippen LogP contribution is 2.34. The van der Waals surface area contributed by atoms with E-state index in [0.29, 0.717) is 54.2 Å². The molecular formula is C82H156F8N16O16S16. The van der Waals surface area contributed by atoms with Crippen molar-refractivity contribution >= 4 is 296 Å². The van der Waals surface area contributed by atoms with Gasteiger partial charge in [-0.3, -0.25) is 98.4 Å². The molecule has 0 fully saturated rings. The second kappa shape index (κ2) is 71.5. The number of likely N-dealkylation sites (N-methyl/N-ethyl adjacent to an activating group) is 6. The maximum atomic E-state index is 14.3. The Labute approximate surface area is 898 Å². The molecule has 0 rings (SSSR count). The zero-order valence-electron chi connectivity index (χ0n) is 82.2. The Morgan fingerprint density at radius 2 is 0.500 bits per heavy atom. The second-order valence-electron chi connectivity index (χ2n) is 33.5. The third kappa shape index (κ3) is 49.8.